The SMILES string of the molecule is C1N2CN3CN1CN(C2)C3.[Cl-].[Cl-].[Cu+2]. The molecular formula is C6H12Cl2CuN4. The van der Waals surface area contributed by atoms with E-state index in [0.717, 1.165) is 0 Å². The van der Waals surface area contributed by atoms with E-state index in [1.54, 1.807) is 0 Å². The Bertz CT molecular complexity index is 114. The summed E-state index contributed by atoms with van der Waals surface area (Å²) in [7, 11) is 0. The summed E-state index contributed by atoms with van der Waals surface area (Å²) in [6, 6.07) is 0. The van der Waals surface area contributed by atoms with E-state index in [1.165, 1.54) is 40.0 Å². The fourth-order valence-electron chi connectivity index (χ4n) is 2.23. The van der Waals surface area contributed by atoms with Crippen molar-refractivity contribution < 1.29 is 41.9 Å². The third-order valence-electron chi connectivity index (χ3n) is 2.40. The average molecular weight is 275 g/mol. The number of halogens is 2. The van der Waals surface area contributed by atoms with Crippen molar-refractivity contribution in [3.63, 3.8) is 0 Å². The Morgan fingerprint density at radius 2 is 0.615 bits per heavy atom. The van der Waals surface area contributed by atoms with Crippen molar-refractivity contribution in [2.75, 3.05) is 40.0 Å². The molecule has 13 heavy (non-hydrogen) atoms. The zero-order chi connectivity index (χ0) is 6.55. The molecule has 1 radical (unpaired) electrons. The second-order valence-corrected chi connectivity index (χ2v) is 3.53. The van der Waals surface area contributed by atoms with E-state index in [0.29, 0.717) is 0 Å². The summed E-state index contributed by atoms with van der Waals surface area (Å²) in [6.45, 7) is 7.12. The van der Waals surface area contributed by atoms with Crippen LogP contribution in [0.2, 0.25) is 0 Å². The van der Waals surface area contributed by atoms with Gasteiger partial charge in [0.2, 0.25) is 0 Å². The smallest absolute Gasteiger partial charge is 1.00 e. The first-order valence-electron chi connectivity index (χ1n) is 3.79. The molecule has 0 aliphatic carbocycles. The van der Waals surface area contributed by atoms with Gasteiger partial charge in [-0.1, -0.05) is 0 Å². The Balaban J connectivity index is 0.000000480. The molecule has 0 amide bonds. The molecule has 0 N–H and O–H groups in total. The fraction of sp³-hybridized carbons (Fsp3) is 1.00. The standard InChI is InChI=1S/C6H12N4.2ClH.Cu/c1-7-2-9-4-8(1)5-10(3-7)6-9;;;/h1-6H2;2*1H;/q;;;+2/p-2. The van der Waals surface area contributed by atoms with Crippen LogP contribution in [-0.2, 0) is 17.1 Å². The molecule has 0 aromatic rings. The average Bonchev–Trinajstić information content (AvgIpc) is 1.82. The molecular weight excluding hydrogens is 263 g/mol. The van der Waals surface area contributed by atoms with Gasteiger partial charge in [0.1, 0.15) is 0 Å². The maximum Gasteiger partial charge on any atom is 2.00 e. The maximum absolute atomic E-state index is 2.47. The Morgan fingerprint density at radius 3 is 0.769 bits per heavy atom. The summed E-state index contributed by atoms with van der Waals surface area (Å²) in [5.74, 6) is 0. The molecule has 0 aromatic carbocycles. The van der Waals surface area contributed by atoms with E-state index in [2.05, 4.69) is 19.6 Å². The van der Waals surface area contributed by atoms with Crippen molar-refractivity contribution in [3.8, 4) is 0 Å². The third-order valence-corrected chi connectivity index (χ3v) is 2.40. The molecule has 4 nitrogen and oxygen atoms in total. The van der Waals surface area contributed by atoms with E-state index in [9.17, 15) is 0 Å². The molecule has 4 rings (SSSR count). The van der Waals surface area contributed by atoms with Crippen LogP contribution in [0.3, 0.4) is 0 Å². The molecule has 4 aliphatic heterocycles. The van der Waals surface area contributed by atoms with Crippen LogP contribution in [0.15, 0.2) is 0 Å². The number of hydrogen-bond acceptors (Lipinski definition) is 4. The van der Waals surface area contributed by atoms with Crippen LogP contribution in [0.4, 0.5) is 0 Å². The van der Waals surface area contributed by atoms with Gasteiger partial charge >= 0.3 is 17.1 Å². The first-order chi connectivity index (χ1) is 4.90. The quantitative estimate of drug-likeness (QED) is 0.407. The summed E-state index contributed by atoms with van der Waals surface area (Å²) < 4.78 is 0. The van der Waals surface area contributed by atoms with E-state index in [4.69, 9.17) is 0 Å². The molecule has 7 heteroatoms. The molecule has 0 saturated carbocycles. The molecule has 4 saturated heterocycles. The summed E-state index contributed by atoms with van der Waals surface area (Å²) >= 11 is 0. The van der Waals surface area contributed by atoms with Crippen molar-refractivity contribution in [2.45, 2.75) is 0 Å². The van der Waals surface area contributed by atoms with Crippen molar-refractivity contribution in [1.82, 2.24) is 19.6 Å². The van der Waals surface area contributed by atoms with Gasteiger partial charge in [0.25, 0.3) is 0 Å². The van der Waals surface area contributed by atoms with Crippen molar-refractivity contribution in [3.05, 3.63) is 0 Å². The summed E-state index contributed by atoms with van der Waals surface area (Å²) in [4.78, 5) is 9.88. The molecule has 81 valence electrons. The molecule has 4 fully saturated rings. The molecule has 4 bridgehead atoms. The summed E-state index contributed by atoms with van der Waals surface area (Å²) in [6.07, 6.45) is 0. The number of hydrogen-bond donors (Lipinski definition) is 0. The number of nitrogens with zero attached hydrogens (tertiary/aromatic N) is 4. The van der Waals surface area contributed by atoms with Crippen LogP contribution < -0.4 is 24.8 Å². The van der Waals surface area contributed by atoms with E-state index in [1.807, 2.05) is 0 Å². The zero-order valence-corrected chi connectivity index (χ0v) is 9.54. The van der Waals surface area contributed by atoms with Crippen molar-refractivity contribution >= 4 is 0 Å². The predicted molar refractivity (Wildman–Crippen MR) is 36.6 cm³/mol. The Kier molecular flexibility index (Phi) is 5.51. The topological polar surface area (TPSA) is 13.0 Å². The van der Waals surface area contributed by atoms with Crippen LogP contribution in [-0.4, -0.2) is 59.6 Å². The van der Waals surface area contributed by atoms with Crippen molar-refractivity contribution in [1.29, 1.82) is 0 Å². The van der Waals surface area contributed by atoms with Crippen LogP contribution in [0, 0.1) is 0 Å². The minimum Gasteiger partial charge on any atom is -1.00 e. The molecule has 0 spiro atoms. The fourth-order valence-corrected chi connectivity index (χ4v) is 2.23. The normalized spacial score (nSPS) is 44.3. The summed E-state index contributed by atoms with van der Waals surface area (Å²) in [5.41, 5.74) is 0. The van der Waals surface area contributed by atoms with Gasteiger partial charge in [-0.3, -0.25) is 19.6 Å². The first-order valence-corrected chi connectivity index (χ1v) is 3.79. The second kappa shape index (κ2) is 5.14. The predicted octanol–water partition coefficient (Wildman–Crippen LogP) is -7.01. The Hall–Kier alpha value is 0.939. The zero-order valence-electron chi connectivity index (χ0n) is 7.09. The molecule has 0 aromatic heterocycles. The van der Waals surface area contributed by atoms with E-state index in [-0.39, 0.29) is 41.9 Å². The molecule has 4 heterocycles. The van der Waals surface area contributed by atoms with Gasteiger partial charge in [0.15, 0.2) is 0 Å². The van der Waals surface area contributed by atoms with Crippen LogP contribution >= 0.6 is 0 Å². The monoisotopic (exact) mass is 273 g/mol. The van der Waals surface area contributed by atoms with Crippen molar-refractivity contribution in [2.24, 2.45) is 0 Å². The Labute approximate surface area is 101 Å². The number of rotatable bonds is 0. The first kappa shape index (κ1) is 13.9. The van der Waals surface area contributed by atoms with Gasteiger partial charge in [0.05, 0.1) is 40.0 Å². The molecule has 0 atom stereocenters. The minimum atomic E-state index is 0. The van der Waals surface area contributed by atoms with Gasteiger partial charge in [-0.15, -0.1) is 0 Å². The molecule has 0 unspecified atom stereocenters. The minimum absolute atomic E-state index is 0. The third kappa shape index (κ3) is 2.49. The maximum atomic E-state index is 2.47. The van der Waals surface area contributed by atoms with Gasteiger partial charge < -0.3 is 24.8 Å². The largest absolute Gasteiger partial charge is 2.00 e. The van der Waals surface area contributed by atoms with Crippen LogP contribution in [0.5, 0.6) is 0 Å². The Morgan fingerprint density at radius 1 is 0.462 bits per heavy atom. The van der Waals surface area contributed by atoms with Gasteiger partial charge in [0, 0.05) is 0 Å². The summed E-state index contributed by atoms with van der Waals surface area (Å²) in [5, 5.41) is 0. The van der Waals surface area contributed by atoms with E-state index >= 15 is 0 Å². The van der Waals surface area contributed by atoms with Gasteiger partial charge in [-0.25, -0.2) is 0 Å². The van der Waals surface area contributed by atoms with Gasteiger partial charge in [-0.2, -0.15) is 0 Å². The second-order valence-electron chi connectivity index (χ2n) is 3.53. The van der Waals surface area contributed by atoms with E-state index < -0.39 is 0 Å². The van der Waals surface area contributed by atoms with Gasteiger partial charge in [-0.05, 0) is 0 Å². The molecule has 4 aliphatic rings. The van der Waals surface area contributed by atoms with Crippen LogP contribution in [0.25, 0.3) is 0 Å². The van der Waals surface area contributed by atoms with Crippen LogP contribution in [0.1, 0.15) is 0 Å².